The van der Waals surface area contributed by atoms with Crippen molar-refractivity contribution in [2.45, 2.75) is 69.4 Å². The van der Waals surface area contributed by atoms with Crippen molar-refractivity contribution < 1.29 is 0 Å². The minimum atomic E-state index is -0.349. The fourth-order valence-corrected chi connectivity index (χ4v) is 4.14. The Bertz CT molecular complexity index is 402. The van der Waals surface area contributed by atoms with Crippen molar-refractivity contribution in [1.29, 1.82) is 0 Å². The first-order chi connectivity index (χ1) is 9.35. The molecule has 1 heterocycles. The fourth-order valence-electron chi connectivity index (χ4n) is 4.14. The number of fused-ring (bicyclic) bond motifs is 1. The Hall–Kier alpha value is -1.19. The quantitative estimate of drug-likeness (QED) is 0.790. The first kappa shape index (κ1) is 12.8. The van der Waals surface area contributed by atoms with E-state index in [4.69, 9.17) is 0 Å². The molecule has 0 spiro atoms. The maximum atomic E-state index is 11.6. The molecule has 104 valence electrons. The number of nitroso groups, excluding NO2 is 1. The predicted octanol–water partition coefficient (Wildman–Crippen LogP) is 3.53. The molecule has 3 unspecified atom stereocenters. The molecule has 1 aliphatic heterocycles. The van der Waals surface area contributed by atoms with E-state index in [2.05, 4.69) is 15.5 Å². The molecule has 4 nitrogen and oxygen atoms in total. The number of hydrogen-bond acceptors (Lipinski definition) is 4. The van der Waals surface area contributed by atoms with Crippen LogP contribution in [0.3, 0.4) is 0 Å². The second-order valence-corrected chi connectivity index (χ2v) is 6.18. The van der Waals surface area contributed by atoms with Gasteiger partial charge in [-0.3, -0.25) is 4.99 Å². The Morgan fingerprint density at radius 1 is 1.26 bits per heavy atom. The Morgan fingerprint density at radius 2 is 2.16 bits per heavy atom. The molecule has 1 N–H and O–H groups in total. The molecule has 0 saturated heterocycles. The van der Waals surface area contributed by atoms with Gasteiger partial charge in [0.1, 0.15) is 5.54 Å². The molecule has 4 heteroatoms. The maximum absolute atomic E-state index is 11.6. The molecular formula is C15H23N3O. The van der Waals surface area contributed by atoms with Crippen molar-refractivity contribution in [2.75, 3.05) is 0 Å². The molecule has 0 bridgehead atoms. The molecule has 2 aliphatic carbocycles. The van der Waals surface area contributed by atoms with Gasteiger partial charge in [-0.25, -0.2) is 0 Å². The van der Waals surface area contributed by atoms with Crippen LogP contribution < -0.4 is 5.32 Å². The predicted molar refractivity (Wildman–Crippen MR) is 77.1 cm³/mol. The van der Waals surface area contributed by atoms with Gasteiger partial charge in [-0.05, 0) is 44.4 Å². The average molecular weight is 261 g/mol. The Morgan fingerprint density at radius 3 is 2.95 bits per heavy atom. The number of allylic oxidation sites excluding steroid dienone is 1. The molecule has 0 aromatic heterocycles. The lowest BCUT2D eigenvalue weighted by Gasteiger charge is -2.48. The van der Waals surface area contributed by atoms with Crippen LogP contribution in [0.25, 0.3) is 0 Å². The zero-order valence-corrected chi connectivity index (χ0v) is 11.5. The molecule has 0 amide bonds. The van der Waals surface area contributed by atoms with Gasteiger partial charge in [0.05, 0.1) is 6.04 Å². The topological polar surface area (TPSA) is 53.8 Å². The van der Waals surface area contributed by atoms with Gasteiger partial charge in [-0.1, -0.05) is 24.4 Å². The minimum Gasteiger partial charge on any atom is -0.382 e. The number of aliphatic imine (C=N–C) groups is 1. The average Bonchev–Trinajstić information content (AvgIpc) is 2.49. The number of hydrogen-bond donors (Lipinski definition) is 1. The molecular weight excluding hydrogens is 238 g/mol. The van der Waals surface area contributed by atoms with E-state index in [1.54, 1.807) is 0 Å². The van der Waals surface area contributed by atoms with Gasteiger partial charge < -0.3 is 5.32 Å². The lowest BCUT2D eigenvalue weighted by atomic mass is 9.63. The second kappa shape index (κ2) is 5.43. The van der Waals surface area contributed by atoms with Gasteiger partial charge in [0.2, 0.25) is 0 Å². The zero-order valence-electron chi connectivity index (χ0n) is 11.5. The third-order valence-corrected chi connectivity index (χ3v) is 5.14. The molecule has 3 rings (SSSR count). The standard InChI is InChI=1S/C15H23N3O/c19-18-15-9-2-1-5-12(15)6-3-8-14(15)17-13-7-4-10-16-11-13/h10-12,14,17H,1-9H2. The zero-order chi connectivity index (χ0) is 13.1. The van der Waals surface area contributed by atoms with Crippen LogP contribution in [0.5, 0.6) is 0 Å². The van der Waals surface area contributed by atoms with Crippen molar-refractivity contribution in [1.82, 2.24) is 5.32 Å². The van der Waals surface area contributed by atoms with E-state index >= 15 is 0 Å². The minimum absolute atomic E-state index is 0.226. The smallest absolute Gasteiger partial charge is 0.125 e. The Labute approximate surface area is 114 Å². The second-order valence-electron chi connectivity index (χ2n) is 6.18. The first-order valence-corrected chi connectivity index (χ1v) is 7.67. The lowest BCUT2D eigenvalue weighted by molar-refractivity contribution is 0.0943. The summed E-state index contributed by atoms with van der Waals surface area (Å²) in [5, 5.41) is 7.27. The molecule has 0 radical (unpaired) electrons. The normalized spacial score (nSPS) is 38.2. The summed E-state index contributed by atoms with van der Waals surface area (Å²) in [6.07, 6.45) is 13.9. The summed E-state index contributed by atoms with van der Waals surface area (Å²) in [6.45, 7) is 0. The van der Waals surface area contributed by atoms with Gasteiger partial charge in [0.25, 0.3) is 0 Å². The highest BCUT2D eigenvalue weighted by atomic mass is 16.3. The van der Waals surface area contributed by atoms with Crippen LogP contribution in [0.15, 0.2) is 22.1 Å². The summed E-state index contributed by atoms with van der Waals surface area (Å²) >= 11 is 0. The first-order valence-electron chi connectivity index (χ1n) is 7.67. The number of rotatable bonds is 3. The molecule has 0 aromatic carbocycles. The van der Waals surface area contributed by atoms with E-state index in [0.29, 0.717) is 5.92 Å². The maximum Gasteiger partial charge on any atom is 0.125 e. The molecule has 19 heavy (non-hydrogen) atoms. The van der Waals surface area contributed by atoms with Gasteiger partial charge in [0, 0.05) is 18.1 Å². The van der Waals surface area contributed by atoms with Crippen molar-refractivity contribution in [2.24, 2.45) is 16.1 Å². The highest BCUT2D eigenvalue weighted by Gasteiger charge is 2.50. The summed E-state index contributed by atoms with van der Waals surface area (Å²) in [6, 6.07) is 0.226. The highest BCUT2D eigenvalue weighted by Crippen LogP contribution is 2.46. The number of nitrogens with one attached hydrogen (secondary N) is 1. The van der Waals surface area contributed by atoms with Gasteiger partial charge in [-0.2, -0.15) is 4.91 Å². The van der Waals surface area contributed by atoms with E-state index in [1.165, 1.54) is 31.4 Å². The van der Waals surface area contributed by atoms with Crippen LogP contribution in [0.2, 0.25) is 0 Å². The van der Waals surface area contributed by atoms with Crippen molar-refractivity contribution in [3.63, 3.8) is 0 Å². The van der Waals surface area contributed by atoms with Crippen LogP contribution in [0, 0.1) is 10.8 Å². The Balaban J connectivity index is 1.79. The molecule has 3 atom stereocenters. The fraction of sp³-hybridized carbons (Fsp3) is 0.800. The van der Waals surface area contributed by atoms with Crippen molar-refractivity contribution in [3.05, 3.63) is 16.8 Å². The summed E-state index contributed by atoms with van der Waals surface area (Å²) in [5.74, 6) is 0.498. The monoisotopic (exact) mass is 261 g/mol. The largest absolute Gasteiger partial charge is 0.382 e. The van der Waals surface area contributed by atoms with Crippen molar-refractivity contribution >= 4 is 6.21 Å². The summed E-state index contributed by atoms with van der Waals surface area (Å²) in [7, 11) is 0. The third-order valence-electron chi connectivity index (χ3n) is 5.14. The van der Waals surface area contributed by atoms with Crippen LogP contribution in [0.1, 0.15) is 57.8 Å². The van der Waals surface area contributed by atoms with E-state index in [0.717, 1.165) is 32.1 Å². The lowest BCUT2D eigenvalue weighted by Crippen LogP contribution is -2.57. The Kier molecular flexibility index (Phi) is 3.67. The third kappa shape index (κ3) is 2.33. The van der Waals surface area contributed by atoms with E-state index in [1.807, 2.05) is 12.4 Å². The van der Waals surface area contributed by atoms with Crippen LogP contribution in [0.4, 0.5) is 0 Å². The van der Waals surface area contributed by atoms with Crippen LogP contribution >= 0.6 is 0 Å². The molecule has 2 saturated carbocycles. The summed E-state index contributed by atoms with van der Waals surface area (Å²) < 4.78 is 0. The summed E-state index contributed by atoms with van der Waals surface area (Å²) in [5.41, 5.74) is 0.833. The molecule has 3 aliphatic rings. The SMILES string of the molecule is O=NC12CCCCC1CCCC2NC1=CN=CCC1. The van der Waals surface area contributed by atoms with Gasteiger partial charge >= 0.3 is 0 Å². The van der Waals surface area contributed by atoms with E-state index < -0.39 is 0 Å². The summed E-state index contributed by atoms with van der Waals surface area (Å²) in [4.78, 5) is 15.8. The van der Waals surface area contributed by atoms with E-state index in [9.17, 15) is 4.91 Å². The van der Waals surface area contributed by atoms with Crippen LogP contribution in [-0.4, -0.2) is 17.8 Å². The van der Waals surface area contributed by atoms with Crippen LogP contribution in [-0.2, 0) is 0 Å². The van der Waals surface area contributed by atoms with Crippen molar-refractivity contribution in [3.8, 4) is 0 Å². The number of nitrogens with zero attached hydrogens (tertiary/aromatic N) is 2. The molecule has 2 fully saturated rings. The van der Waals surface area contributed by atoms with Gasteiger partial charge in [-0.15, -0.1) is 0 Å². The highest BCUT2D eigenvalue weighted by molar-refractivity contribution is 5.60. The van der Waals surface area contributed by atoms with E-state index in [-0.39, 0.29) is 11.6 Å². The van der Waals surface area contributed by atoms with Gasteiger partial charge in [0.15, 0.2) is 0 Å². The molecule has 0 aromatic rings.